The molecule has 0 atom stereocenters. The van der Waals surface area contributed by atoms with E-state index in [0.29, 0.717) is 41.4 Å². The molecule has 3 aromatic rings. The lowest BCUT2D eigenvalue weighted by Gasteiger charge is -2.11. The molecule has 37 heavy (non-hydrogen) atoms. The van der Waals surface area contributed by atoms with Crippen LogP contribution in [0.15, 0.2) is 52.8 Å². The van der Waals surface area contributed by atoms with Gasteiger partial charge < -0.3 is 29.2 Å². The normalized spacial score (nSPS) is 11.2. The molecular formula is C26H29N3O7S. The molecule has 2 N–H and O–H groups in total. The predicted molar refractivity (Wildman–Crippen MR) is 138 cm³/mol. The van der Waals surface area contributed by atoms with E-state index in [1.807, 2.05) is 9.95 Å². The first-order chi connectivity index (χ1) is 17.9. The number of carbonyl (C=O) groups is 3. The smallest absolute Gasteiger partial charge is 0.315 e. The zero-order chi connectivity index (χ0) is 26.8. The standard InChI is InChI=1S/C26H29N3O7S/c1-4-36-24(32)15-23(31)27-12-5-13-29-21(17-6-8-18(30)9-7-17)16-37-26(29)28-25(33)20-11-10-19(34-2)14-22(20)35-3/h6-11,14,16,30H,4-5,12-13,15H2,1-3H3,(H,27,31). The highest BCUT2D eigenvalue weighted by Crippen LogP contribution is 2.26. The molecule has 10 nitrogen and oxygen atoms in total. The number of aromatic nitrogens is 1. The number of methoxy groups -OCH3 is 2. The Labute approximate surface area is 218 Å². The zero-order valence-electron chi connectivity index (χ0n) is 20.9. The Morgan fingerprint density at radius 1 is 1.08 bits per heavy atom. The number of phenols is 1. The van der Waals surface area contributed by atoms with E-state index in [-0.39, 0.29) is 18.8 Å². The van der Waals surface area contributed by atoms with E-state index in [0.717, 1.165) is 11.3 Å². The molecule has 0 fully saturated rings. The highest BCUT2D eigenvalue weighted by Gasteiger charge is 2.15. The van der Waals surface area contributed by atoms with E-state index >= 15 is 0 Å². The number of carbonyl (C=O) groups excluding carboxylic acids is 3. The molecule has 0 bridgehead atoms. The van der Waals surface area contributed by atoms with Gasteiger partial charge in [-0.1, -0.05) is 0 Å². The Kier molecular flexibility index (Phi) is 9.84. The van der Waals surface area contributed by atoms with E-state index in [2.05, 4.69) is 10.3 Å². The molecule has 0 unspecified atom stereocenters. The molecule has 1 aromatic heterocycles. The van der Waals surface area contributed by atoms with E-state index in [1.165, 1.54) is 25.6 Å². The number of nitrogens with one attached hydrogen (secondary N) is 1. The van der Waals surface area contributed by atoms with Crippen LogP contribution in [-0.2, 0) is 20.9 Å². The summed E-state index contributed by atoms with van der Waals surface area (Å²) in [5.41, 5.74) is 1.92. The Hall–Kier alpha value is -4.12. The van der Waals surface area contributed by atoms with Gasteiger partial charge >= 0.3 is 5.97 Å². The van der Waals surface area contributed by atoms with E-state index in [1.54, 1.807) is 49.4 Å². The van der Waals surface area contributed by atoms with Gasteiger partial charge in [0.1, 0.15) is 23.7 Å². The second kappa shape index (κ2) is 13.3. The minimum Gasteiger partial charge on any atom is -0.508 e. The minimum atomic E-state index is -0.574. The lowest BCUT2D eigenvalue weighted by Crippen LogP contribution is -2.29. The number of ether oxygens (including phenoxy) is 3. The summed E-state index contributed by atoms with van der Waals surface area (Å²) >= 11 is 1.30. The van der Waals surface area contributed by atoms with Crippen LogP contribution in [0, 0.1) is 0 Å². The minimum absolute atomic E-state index is 0.140. The Bertz CT molecular complexity index is 1310. The van der Waals surface area contributed by atoms with Gasteiger partial charge in [-0.3, -0.25) is 14.4 Å². The number of benzene rings is 2. The zero-order valence-corrected chi connectivity index (χ0v) is 21.7. The molecule has 2 aromatic carbocycles. The number of aromatic hydroxyl groups is 1. The van der Waals surface area contributed by atoms with Gasteiger partial charge in [0.2, 0.25) is 5.91 Å². The van der Waals surface area contributed by atoms with Gasteiger partial charge in [-0.15, -0.1) is 11.3 Å². The fourth-order valence-electron chi connectivity index (χ4n) is 3.49. The molecule has 1 heterocycles. The maximum Gasteiger partial charge on any atom is 0.315 e. The highest BCUT2D eigenvalue weighted by atomic mass is 32.1. The first-order valence-corrected chi connectivity index (χ1v) is 12.4. The van der Waals surface area contributed by atoms with Gasteiger partial charge in [-0.25, -0.2) is 0 Å². The average molecular weight is 528 g/mol. The molecule has 3 rings (SSSR count). The van der Waals surface area contributed by atoms with Gasteiger partial charge in [0.25, 0.3) is 5.91 Å². The van der Waals surface area contributed by atoms with E-state index in [4.69, 9.17) is 14.2 Å². The maximum atomic E-state index is 13.1. The molecule has 196 valence electrons. The molecule has 0 aliphatic rings. The van der Waals surface area contributed by atoms with Crippen LogP contribution in [0.25, 0.3) is 11.3 Å². The van der Waals surface area contributed by atoms with Crippen molar-refractivity contribution < 1.29 is 33.7 Å². The summed E-state index contributed by atoms with van der Waals surface area (Å²) in [4.78, 5) is 41.3. The SMILES string of the molecule is CCOC(=O)CC(=O)NCCCn1c(-c2ccc(O)cc2)csc1=NC(=O)c1ccc(OC)cc1OC. The number of nitrogens with zero attached hydrogens (tertiary/aromatic N) is 2. The predicted octanol–water partition coefficient (Wildman–Crippen LogP) is 3.14. The number of phenolic OH excluding ortho intramolecular Hbond substituents is 1. The topological polar surface area (TPSA) is 128 Å². The summed E-state index contributed by atoms with van der Waals surface area (Å²) in [5.74, 6) is -0.426. The van der Waals surface area contributed by atoms with E-state index < -0.39 is 17.8 Å². The summed E-state index contributed by atoms with van der Waals surface area (Å²) < 4.78 is 17.2. The van der Waals surface area contributed by atoms with Crippen LogP contribution in [-0.4, -0.2) is 54.8 Å². The quantitative estimate of drug-likeness (QED) is 0.223. The van der Waals surface area contributed by atoms with Gasteiger partial charge in [-0.2, -0.15) is 4.99 Å². The highest BCUT2D eigenvalue weighted by molar-refractivity contribution is 7.07. The summed E-state index contributed by atoms with van der Waals surface area (Å²) in [6.45, 7) is 2.65. The lowest BCUT2D eigenvalue weighted by molar-refractivity contribution is -0.145. The first-order valence-electron chi connectivity index (χ1n) is 11.6. The number of rotatable bonds is 11. The number of hydrogen-bond acceptors (Lipinski definition) is 8. The van der Waals surface area contributed by atoms with Crippen molar-refractivity contribution >= 4 is 29.1 Å². The third-order valence-electron chi connectivity index (χ3n) is 5.29. The fraction of sp³-hybridized carbons (Fsp3) is 0.308. The van der Waals surface area contributed by atoms with Crippen LogP contribution in [0.3, 0.4) is 0 Å². The van der Waals surface area contributed by atoms with Crippen molar-refractivity contribution in [1.82, 2.24) is 9.88 Å². The second-order valence-electron chi connectivity index (χ2n) is 7.77. The van der Waals surface area contributed by atoms with Crippen molar-refractivity contribution in [3.8, 4) is 28.5 Å². The number of amides is 2. The van der Waals surface area contributed by atoms with Crippen molar-refractivity contribution in [2.75, 3.05) is 27.4 Å². The van der Waals surface area contributed by atoms with Gasteiger partial charge in [0.15, 0.2) is 4.80 Å². The molecule has 0 radical (unpaired) electrons. The Morgan fingerprint density at radius 3 is 2.51 bits per heavy atom. The summed E-state index contributed by atoms with van der Waals surface area (Å²) in [7, 11) is 3.00. The molecule has 0 aliphatic heterocycles. The van der Waals surface area contributed by atoms with Gasteiger partial charge in [0.05, 0.1) is 32.1 Å². The van der Waals surface area contributed by atoms with Crippen LogP contribution in [0.1, 0.15) is 30.1 Å². The summed E-state index contributed by atoms with van der Waals surface area (Å²) in [6.07, 6.45) is 0.181. The van der Waals surface area contributed by atoms with Crippen LogP contribution in [0.4, 0.5) is 0 Å². The Balaban J connectivity index is 1.85. The van der Waals surface area contributed by atoms with Crippen LogP contribution in [0.2, 0.25) is 0 Å². The second-order valence-corrected chi connectivity index (χ2v) is 8.61. The number of hydrogen-bond donors (Lipinski definition) is 2. The van der Waals surface area contributed by atoms with Crippen LogP contribution < -0.4 is 19.6 Å². The Morgan fingerprint density at radius 2 is 1.84 bits per heavy atom. The number of thiazole rings is 1. The van der Waals surface area contributed by atoms with Gasteiger partial charge in [-0.05, 0) is 55.3 Å². The third-order valence-corrected chi connectivity index (χ3v) is 6.15. The molecule has 0 saturated carbocycles. The van der Waals surface area contributed by atoms with Crippen molar-refractivity contribution in [3.63, 3.8) is 0 Å². The van der Waals surface area contributed by atoms with Crippen LogP contribution >= 0.6 is 11.3 Å². The largest absolute Gasteiger partial charge is 0.508 e. The molecular weight excluding hydrogens is 498 g/mol. The molecule has 0 spiro atoms. The molecule has 0 aliphatic carbocycles. The van der Waals surface area contributed by atoms with Crippen molar-refractivity contribution in [2.24, 2.45) is 4.99 Å². The summed E-state index contributed by atoms with van der Waals surface area (Å²) in [6, 6.07) is 11.6. The van der Waals surface area contributed by atoms with Crippen molar-refractivity contribution in [3.05, 3.63) is 58.2 Å². The summed E-state index contributed by atoms with van der Waals surface area (Å²) in [5, 5.41) is 14.3. The first kappa shape index (κ1) is 27.5. The van der Waals surface area contributed by atoms with Gasteiger partial charge in [0, 0.05) is 24.5 Å². The fourth-order valence-corrected chi connectivity index (χ4v) is 4.42. The average Bonchev–Trinajstić information content (AvgIpc) is 3.28. The number of esters is 1. The van der Waals surface area contributed by atoms with Crippen molar-refractivity contribution in [2.45, 2.75) is 26.3 Å². The van der Waals surface area contributed by atoms with E-state index in [9.17, 15) is 19.5 Å². The monoisotopic (exact) mass is 527 g/mol. The molecule has 0 saturated heterocycles. The lowest BCUT2D eigenvalue weighted by atomic mass is 10.1. The van der Waals surface area contributed by atoms with Crippen molar-refractivity contribution in [1.29, 1.82) is 0 Å². The van der Waals surface area contributed by atoms with Crippen LogP contribution in [0.5, 0.6) is 17.2 Å². The molecule has 11 heteroatoms. The maximum absolute atomic E-state index is 13.1. The third kappa shape index (κ3) is 7.43. The molecule has 2 amide bonds.